The molecule has 2 aliphatic rings. The molecule has 0 radical (unpaired) electrons. The molecule has 0 unspecified atom stereocenters. The van der Waals surface area contributed by atoms with Crippen molar-refractivity contribution in [2.75, 3.05) is 6.61 Å². The van der Waals surface area contributed by atoms with Crippen LogP contribution in [-0.4, -0.2) is 47.6 Å². The Kier molecular flexibility index (Phi) is 5.51. The second-order valence-electron chi connectivity index (χ2n) is 8.46. The average molecular weight is 477 g/mol. The van der Waals surface area contributed by atoms with E-state index in [1.165, 1.54) is 0 Å². The first-order valence-electron chi connectivity index (χ1n) is 10.3. The van der Waals surface area contributed by atoms with Gasteiger partial charge in [-0.1, -0.05) is 30.0 Å². The molecule has 1 saturated carbocycles. The molecule has 1 saturated heterocycles. The Morgan fingerprint density at radius 1 is 1.19 bits per heavy atom. The summed E-state index contributed by atoms with van der Waals surface area (Å²) in [4.78, 5) is 10.1. The van der Waals surface area contributed by atoms with E-state index in [1.807, 2.05) is 56.4 Å². The molecule has 4 atom stereocenters. The van der Waals surface area contributed by atoms with Gasteiger partial charge in [0.2, 0.25) is 0 Å². The van der Waals surface area contributed by atoms with Crippen LogP contribution in [0.3, 0.4) is 0 Å². The fourth-order valence-electron chi connectivity index (χ4n) is 4.57. The Hall–Kier alpha value is -2.02. The molecule has 11 heteroatoms. The van der Waals surface area contributed by atoms with E-state index in [2.05, 4.69) is 14.5 Å². The number of hydrogen-bond donors (Lipinski definition) is 1. The quantitative estimate of drug-likeness (QED) is 0.540. The van der Waals surface area contributed by atoms with Gasteiger partial charge in [-0.05, 0) is 38.5 Å². The number of aromatic nitrogens is 3. The van der Waals surface area contributed by atoms with Crippen molar-refractivity contribution in [3.05, 3.63) is 48.9 Å². The van der Waals surface area contributed by atoms with Crippen LogP contribution in [0.1, 0.15) is 26.3 Å². The van der Waals surface area contributed by atoms with Gasteiger partial charge in [-0.3, -0.25) is 4.18 Å². The summed E-state index contributed by atoms with van der Waals surface area (Å²) in [6.45, 7) is 3.65. The van der Waals surface area contributed by atoms with Gasteiger partial charge in [0.25, 0.3) is 0 Å². The Morgan fingerprint density at radius 2 is 1.94 bits per heavy atom. The standard InChI is InChI=1S/C21H24N4O5S2/c1-21(2)29-17-13(11-28-32(22,26)27)10-16(18(17)30-21)25-9-8-15-19(25)23-12-24-20(15)31-14-6-4-3-5-7-14/h3-9,12-13,16-18H,10-11H2,1-2H3,(H2,22,26,27)/t13-,16-,17-,18+/m1/s1. The highest BCUT2D eigenvalue weighted by atomic mass is 32.2. The predicted octanol–water partition coefficient (Wildman–Crippen LogP) is 2.88. The zero-order valence-electron chi connectivity index (χ0n) is 17.6. The Labute approximate surface area is 190 Å². The van der Waals surface area contributed by atoms with Crippen LogP contribution >= 0.6 is 11.8 Å². The fraction of sp³-hybridized carbons (Fsp3) is 0.429. The van der Waals surface area contributed by atoms with Crippen molar-refractivity contribution < 1.29 is 22.1 Å². The minimum atomic E-state index is -4.04. The van der Waals surface area contributed by atoms with Crippen LogP contribution in [0.2, 0.25) is 0 Å². The van der Waals surface area contributed by atoms with Crippen molar-refractivity contribution in [1.82, 2.24) is 14.5 Å². The summed E-state index contributed by atoms with van der Waals surface area (Å²) in [6.07, 6.45) is 3.57. The molecule has 1 aliphatic heterocycles. The lowest BCUT2D eigenvalue weighted by atomic mass is 10.1. The first kappa shape index (κ1) is 21.8. The number of rotatable bonds is 6. The Balaban J connectivity index is 1.47. The van der Waals surface area contributed by atoms with Crippen molar-refractivity contribution >= 4 is 33.1 Å². The summed E-state index contributed by atoms with van der Waals surface area (Å²) in [5.41, 5.74) is 0.795. The van der Waals surface area contributed by atoms with Gasteiger partial charge in [0.1, 0.15) is 23.1 Å². The van der Waals surface area contributed by atoms with E-state index in [-0.39, 0.29) is 30.8 Å². The lowest BCUT2D eigenvalue weighted by molar-refractivity contribution is -0.161. The van der Waals surface area contributed by atoms with E-state index in [0.717, 1.165) is 21.0 Å². The monoisotopic (exact) mass is 476 g/mol. The maximum atomic E-state index is 11.3. The average Bonchev–Trinajstić information content (AvgIpc) is 3.38. The highest BCUT2D eigenvalue weighted by molar-refractivity contribution is 7.99. The molecule has 1 aromatic carbocycles. The maximum Gasteiger partial charge on any atom is 0.333 e. The molecular weight excluding hydrogens is 452 g/mol. The third-order valence-corrected chi connectivity index (χ3v) is 7.28. The number of ether oxygens (including phenoxy) is 2. The van der Waals surface area contributed by atoms with Gasteiger partial charge in [0, 0.05) is 17.0 Å². The SMILES string of the molecule is CC1(C)O[C@@H]2[C@@H](COS(N)(=O)=O)C[C@@H](n3ccc4c(Sc5ccccc5)ncnc43)[C@@H]2O1. The number of hydrogen-bond acceptors (Lipinski definition) is 8. The van der Waals surface area contributed by atoms with Gasteiger partial charge in [-0.2, -0.15) is 8.42 Å². The molecule has 0 amide bonds. The molecule has 32 heavy (non-hydrogen) atoms. The minimum absolute atomic E-state index is 0.0563. The van der Waals surface area contributed by atoms with E-state index in [1.54, 1.807) is 18.1 Å². The van der Waals surface area contributed by atoms with Crippen molar-refractivity contribution in [3.63, 3.8) is 0 Å². The number of nitrogens with two attached hydrogens (primary N) is 1. The largest absolute Gasteiger partial charge is 0.344 e. The molecule has 0 spiro atoms. The zero-order chi connectivity index (χ0) is 22.5. The zero-order valence-corrected chi connectivity index (χ0v) is 19.3. The molecule has 2 N–H and O–H groups in total. The van der Waals surface area contributed by atoms with Gasteiger partial charge in [-0.15, -0.1) is 0 Å². The van der Waals surface area contributed by atoms with Crippen LogP contribution < -0.4 is 5.14 Å². The molecule has 3 aromatic rings. The lowest BCUT2D eigenvalue weighted by Crippen LogP contribution is -2.30. The number of benzene rings is 1. The van der Waals surface area contributed by atoms with Gasteiger partial charge >= 0.3 is 10.3 Å². The van der Waals surface area contributed by atoms with Crippen LogP contribution in [0.15, 0.2) is 58.8 Å². The summed E-state index contributed by atoms with van der Waals surface area (Å²) in [5.74, 6) is -0.970. The van der Waals surface area contributed by atoms with Gasteiger partial charge in [0.15, 0.2) is 5.79 Å². The molecule has 2 fully saturated rings. The molecule has 170 valence electrons. The minimum Gasteiger partial charge on any atom is -0.344 e. The molecule has 9 nitrogen and oxygen atoms in total. The summed E-state index contributed by atoms with van der Waals surface area (Å²) in [5, 5.41) is 6.85. The Morgan fingerprint density at radius 3 is 2.69 bits per heavy atom. The molecule has 3 heterocycles. The highest BCUT2D eigenvalue weighted by Gasteiger charge is 2.55. The summed E-state index contributed by atoms with van der Waals surface area (Å²) in [6, 6.07) is 12.0. The van der Waals surface area contributed by atoms with Gasteiger partial charge < -0.3 is 14.0 Å². The van der Waals surface area contributed by atoms with Crippen molar-refractivity contribution in [3.8, 4) is 0 Å². The molecular formula is C21H24N4O5S2. The first-order valence-corrected chi connectivity index (χ1v) is 12.6. The maximum absolute atomic E-state index is 11.3. The predicted molar refractivity (Wildman–Crippen MR) is 118 cm³/mol. The topological polar surface area (TPSA) is 119 Å². The normalized spacial score (nSPS) is 27.1. The summed E-state index contributed by atoms with van der Waals surface area (Å²) in [7, 11) is -4.04. The summed E-state index contributed by atoms with van der Waals surface area (Å²) < 4.78 is 42.0. The molecule has 5 rings (SSSR count). The van der Waals surface area contributed by atoms with Crippen molar-refractivity contribution in [2.45, 2.75) is 54.2 Å². The van der Waals surface area contributed by atoms with E-state index >= 15 is 0 Å². The van der Waals surface area contributed by atoms with Crippen LogP contribution in [0.4, 0.5) is 0 Å². The number of fused-ring (bicyclic) bond motifs is 2. The third kappa shape index (κ3) is 4.28. The molecule has 1 aliphatic carbocycles. The molecule has 0 bridgehead atoms. The second kappa shape index (κ2) is 8.08. The summed E-state index contributed by atoms with van der Waals surface area (Å²) >= 11 is 1.58. The fourth-order valence-corrected chi connectivity index (χ4v) is 5.82. The van der Waals surface area contributed by atoms with Crippen LogP contribution in [-0.2, 0) is 24.0 Å². The van der Waals surface area contributed by atoms with E-state index in [9.17, 15) is 8.42 Å². The molecule has 2 aromatic heterocycles. The van der Waals surface area contributed by atoms with E-state index in [4.69, 9.17) is 18.8 Å². The smallest absolute Gasteiger partial charge is 0.333 e. The Bertz CT molecular complexity index is 1230. The highest BCUT2D eigenvalue weighted by Crippen LogP contribution is 2.48. The third-order valence-electron chi connectivity index (χ3n) is 5.79. The van der Waals surface area contributed by atoms with Crippen LogP contribution in [0.25, 0.3) is 11.0 Å². The van der Waals surface area contributed by atoms with E-state index < -0.39 is 16.1 Å². The van der Waals surface area contributed by atoms with Crippen LogP contribution in [0.5, 0.6) is 0 Å². The lowest BCUT2D eigenvalue weighted by Gasteiger charge is -2.24. The first-order chi connectivity index (χ1) is 15.2. The van der Waals surface area contributed by atoms with Gasteiger partial charge in [-0.25, -0.2) is 15.1 Å². The van der Waals surface area contributed by atoms with Crippen molar-refractivity contribution in [1.29, 1.82) is 0 Å². The van der Waals surface area contributed by atoms with Crippen molar-refractivity contribution in [2.24, 2.45) is 11.1 Å². The second-order valence-corrected chi connectivity index (χ2v) is 10.7. The van der Waals surface area contributed by atoms with Crippen LogP contribution in [0, 0.1) is 5.92 Å². The number of nitrogens with zero attached hydrogens (tertiary/aromatic N) is 3. The van der Waals surface area contributed by atoms with Gasteiger partial charge in [0.05, 0.1) is 24.1 Å². The van der Waals surface area contributed by atoms with E-state index in [0.29, 0.717) is 6.42 Å².